The molecule has 1 aromatic heterocycles. The molecule has 0 aliphatic carbocycles. The number of nitrogens with two attached hydrogens (primary N) is 2. The standard InChI is InChI=1S/C11H15N5O2S/c1-16-5-4-14-11(16)7-15-8-2-3-10(9(12)6-8)19(13,17)18/h2-6,15H,7,12H2,1H3,(H2,13,17,18). The Morgan fingerprint density at radius 2 is 2.16 bits per heavy atom. The molecule has 1 aromatic carbocycles. The number of sulfonamides is 1. The van der Waals surface area contributed by atoms with Crippen LogP contribution < -0.4 is 16.2 Å². The minimum absolute atomic E-state index is 0.0740. The molecule has 8 heteroatoms. The smallest absolute Gasteiger partial charge is 0.240 e. The van der Waals surface area contributed by atoms with Gasteiger partial charge in [0.2, 0.25) is 10.0 Å². The number of aromatic nitrogens is 2. The Labute approximate surface area is 111 Å². The van der Waals surface area contributed by atoms with Crippen molar-refractivity contribution in [1.29, 1.82) is 0 Å². The van der Waals surface area contributed by atoms with Crippen LogP contribution in [0.2, 0.25) is 0 Å². The normalized spacial score (nSPS) is 11.5. The second-order valence-corrected chi connectivity index (χ2v) is 5.64. The van der Waals surface area contributed by atoms with Crippen molar-refractivity contribution in [2.75, 3.05) is 11.1 Å². The lowest BCUT2D eigenvalue weighted by Crippen LogP contribution is -2.14. The maximum absolute atomic E-state index is 11.2. The molecule has 0 unspecified atom stereocenters. The number of aryl methyl sites for hydroxylation is 1. The van der Waals surface area contributed by atoms with Crippen molar-refractivity contribution in [2.45, 2.75) is 11.4 Å². The number of nitrogens with zero attached hydrogens (tertiary/aromatic N) is 2. The van der Waals surface area contributed by atoms with E-state index in [1.807, 2.05) is 17.8 Å². The summed E-state index contributed by atoms with van der Waals surface area (Å²) in [5, 5.41) is 8.15. The van der Waals surface area contributed by atoms with Crippen LogP contribution in [0.15, 0.2) is 35.5 Å². The van der Waals surface area contributed by atoms with Crippen molar-refractivity contribution >= 4 is 21.4 Å². The van der Waals surface area contributed by atoms with E-state index in [0.29, 0.717) is 12.2 Å². The van der Waals surface area contributed by atoms with Crippen molar-refractivity contribution in [2.24, 2.45) is 12.2 Å². The second-order valence-electron chi connectivity index (χ2n) is 4.11. The van der Waals surface area contributed by atoms with Gasteiger partial charge in [0.25, 0.3) is 0 Å². The van der Waals surface area contributed by atoms with Crippen LogP contribution in [0, 0.1) is 0 Å². The predicted octanol–water partition coefficient (Wildman–Crippen LogP) is 0.262. The third kappa shape index (κ3) is 3.04. The molecule has 0 saturated heterocycles. The van der Waals surface area contributed by atoms with Crippen LogP contribution >= 0.6 is 0 Å². The van der Waals surface area contributed by atoms with E-state index in [4.69, 9.17) is 10.9 Å². The summed E-state index contributed by atoms with van der Waals surface area (Å²) in [5.41, 5.74) is 6.49. The molecule has 5 N–H and O–H groups in total. The van der Waals surface area contributed by atoms with Crippen LogP contribution in [0.1, 0.15) is 5.82 Å². The minimum Gasteiger partial charge on any atom is -0.398 e. The summed E-state index contributed by atoms with van der Waals surface area (Å²) < 4.78 is 24.3. The van der Waals surface area contributed by atoms with Crippen molar-refractivity contribution in [1.82, 2.24) is 9.55 Å². The van der Waals surface area contributed by atoms with Gasteiger partial charge in [-0.1, -0.05) is 0 Å². The van der Waals surface area contributed by atoms with E-state index in [9.17, 15) is 8.42 Å². The lowest BCUT2D eigenvalue weighted by molar-refractivity contribution is 0.598. The van der Waals surface area contributed by atoms with Gasteiger partial charge in [-0.3, -0.25) is 0 Å². The fourth-order valence-electron chi connectivity index (χ4n) is 1.67. The monoisotopic (exact) mass is 281 g/mol. The minimum atomic E-state index is -3.78. The zero-order valence-corrected chi connectivity index (χ0v) is 11.2. The highest BCUT2D eigenvalue weighted by atomic mass is 32.2. The molecule has 7 nitrogen and oxygen atoms in total. The summed E-state index contributed by atoms with van der Waals surface area (Å²) in [6.45, 7) is 0.512. The fourth-order valence-corrected chi connectivity index (χ4v) is 2.31. The number of hydrogen-bond donors (Lipinski definition) is 3. The SMILES string of the molecule is Cn1ccnc1CNc1ccc(S(N)(=O)=O)c(N)c1. The first-order valence-electron chi connectivity index (χ1n) is 5.50. The van der Waals surface area contributed by atoms with Crippen LogP contribution in [-0.2, 0) is 23.6 Å². The zero-order valence-electron chi connectivity index (χ0n) is 10.4. The van der Waals surface area contributed by atoms with Gasteiger partial charge in [0.15, 0.2) is 0 Å². The van der Waals surface area contributed by atoms with Gasteiger partial charge in [0.05, 0.1) is 12.2 Å². The van der Waals surface area contributed by atoms with E-state index in [-0.39, 0.29) is 10.6 Å². The summed E-state index contributed by atoms with van der Waals surface area (Å²) in [4.78, 5) is 4.09. The summed E-state index contributed by atoms with van der Waals surface area (Å²) in [6.07, 6.45) is 3.55. The summed E-state index contributed by atoms with van der Waals surface area (Å²) >= 11 is 0. The molecule has 0 aliphatic rings. The van der Waals surface area contributed by atoms with Gasteiger partial charge in [-0.05, 0) is 18.2 Å². The Balaban J connectivity index is 2.15. The van der Waals surface area contributed by atoms with E-state index in [2.05, 4.69) is 10.3 Å². The number of nitrogens with one attached hydrogen (secondary N) is 1. The number of benzene rings is 1. The van der Waals surface area contributed by atoms with Crippen molar-refractivity contribution in [3.05, 3.63) is 36.4 Å². The number of hydrogen-bond acceptors (Lipinski definition) is 5. The van der Waals surface area contributed by atoms with Crippen LogP contribution in [0.4, 0.5) is 11.4 Å². The molecule has 0 aliphatic heterocycles. The summed E-state index contributed by atoms with van der Waals surface area (Å²) in [5.74, 6) is 0.856. The molecule has 0 saturated carbocycles. The molecular weight excluding hydrogens is 266 g/mol. The van der Waals surface area contributed by atoms with E-state index in [1.54, 1.807) is 12.3 Å². The van der Waals surface area contributed by atoms with E-state index < -0.39 is 10.0 Å². The van der Waals surface area contributed by atoms with E-state index >= 15 is 0 Å². The predicted molar refractivity (Wildman–Crippen MR) is 72.8 cm³/mol. The average Bonchev–Trinajstić information content (AvgIpc) is 2.70. The zero-order chi connectivity index (χ0) is 14.0. The van der Waals surface area contributed by atoms with Crippen molar-refractivity contribution < 1.29 is 8.42 Å². The van der Waals surface area contributed by atoms with Crippen LogP contribution in [-0.4, -0.2) is 18.0 Å². The maximum atomic E-state index is 11.2. The lowest BCUT2D eigenvalue weighted by atomic mass is 10.3. The first-order valence-corrected chi connectivity index (χ1v) is 7.05. The van der Waals surface area contributed by atoms with Crippen molar-refractivity contribution in [3.8, 4) is 0 Å². The number of nitrogen functional groups attached to an aromatic ring is 1. The Morgan fingerprint density at radius 3 is 2.68 bits per heavy atom. The summed E-state index contributed by atoms with van der Waals surface area (Å²) in [7, 11) is -1.89. The molecule has 102 valence electrons. The van der Waals surface area contributed by atoms with E-state index in [1.165, 1.54) is 12.1 Å². The van der Waals surface area contributed by atoms with Gasteiger partial charge in [-0.2, -0.15) is 0 Å². The molecular formula is C11H15N5O2S. The maximum Gasteiger partial charge on any atom is 0.240 e. The first kappa shape index (κ1) is 13.4. The number of primary sulfonamides is 1. The fraction of sp³-hybridized carbons (Fsp3) is 0.182. The number of rotatable bonds is 4. The Hall–Kier alpha value is -2.06. The third-order valence-electron chi connectivity index (χ3n) is 2.69. The van der Waals surface area contributed by atoms with Crippen LogP contribution in [0.5, 0.6) is 0 Å². The van der Waals surface area contributed by atoms with Crippen molar-refractivity contribution in [3.63, 3.8) is 0 Å². The quantitative estimate of drug-likeness (QED) is 0.695. The molecule has 2 rings (SSSR count). The number of anilines is 2. The van der Waals surface area contributed by atoms with Gasteiger partial charge in [0, 0.05) is 25.1 Å². The van der Waals surface area contributed by atoms with Gasteiger partial charge in [0.1, 0.15) is 10.7 Å². The molecule has 0 atom stereocenters. The summed E-state index contributed by atoms with van der Waals surface area (Å²) in [6, 6.07) is 4.52. The van der Waals surface area contributed by atoms with Gasteiger partial charge in [-0.15, -0.1) is 0 Å². The lowest BCUT2D eigenvalue weighted by Gasteiger charge is -2.09. The first-order chi connectivity index (χ1) is 8.88. The molecule has 0 amide bonds. The highest BCUT2D eigenvalue weighted by molar-refractivity contribution is 7.89. The highest BCUT2D eigenvalue weighted by Crippen LogP contribution is 2.21. The highest BCUT2D eigenvalue weighted by Gasteiger charge is 2.12. The molecule has 0 radical (unpaired) electrons. The van der Waals surface area contributed by atoms with E-state index in [0.717, 1.165) is 5.82 Å². The molecule has 0 bridgehead atoms. The second kappa shape index (κ2) is 4.90. The average molecular weight is 281 g/mol. The van der Waals surface area contributed by atoms with Crippen LogP contribution in [0.3, 0.4) is 0 Å². The van der Waals surface area contributed by atoms with Gasteiger partial charge in [-0.25, -0.2) is 18.5 Å². The topological polar surface area (TPSA) is 116 Å². The number of imidazole rings is 1. The van der Waals surface area contributed by atoms with Gasteiger partial charge >= 0.3 is 0 Å². The molecule has 0 fully saturated rings. The third-order valence-corrected chi connectivity index (χ3v) is 3.67. The molecule has 19 heavy (non-hydrogen) atoms. The molecule has 1 heterocycles. The Kier molecular flexibility index (Phi) is 3.45. The van der Waals surface area contributed by atoms with Crippen LogP contribution in [0.25, 0.3) is 0 Å². The largest absolute Gasteiger partial charge is 0.398 e. The molecule has 0 spiro atoms. The molecule has 2 aromatic rings. The Morgan fingerprint density at radius 1 is 1.42 bits per heavy atom. The Bertz CT molecular complexity index is 693. The van der Waals surface area contributed by atoms with Gasteiger partial charge < -0.3 is 15.6 Å².